The summed E-state index contributed by atoms with van der Waals surface area (Å²) in [7, 11) is 0. The quantitative estimate of drug-likeness (QED) is 0.728. The maximum absolute atomic E-state index is 12.3. The first-order valence-corrected chi connectivity index (χ1v) is 4.51. The summed E-state index contributed by atoms with van der Waals surface area (Å²) in [4.78, 5) is 0. The lowest BCUT2D eigenvalue weighted by atomic mass is 10.0. The molecule has 0 atom stereocenters. The van der Waals surface area contributed by atoms with E-state index in [0.29, 0.717) is 5.69 Å². The van der Waals surface area contributed by atoms with Crippen molar-refractivity contribution in [2.75, 3.05) is 11.9 Å². The van der Waals surface area contributed by atoms with Gasteiger partial charge in [0, 0.05) is 12.2 Å². The highest BCUT2D eigenvalue weighted by Gasteiger charge is 2.31. The van der Waals surface area contributed by atoms with Crippen molar-refractivity contribution in [3.8, 4) is 0 Å². The molecule has 0 fully saturated rings. The van der Waals surface area contributed by atoms with Gasteiger partial charge in [-0.05, 0) is 30.5 Å². The van der Waals surface area contributed by atoms with Crippen LogP contribution in [0.3, 0.4) is 0 Å². The second-order valence-corrected chi connectivity index (χ2v) is 3.40. The first kappa shape index (κ1) is 12.2. The molecule has 1 aliphatic rings. The largest absolute Gasteiger partial charge is 0.416 e. The molecule has 15 heavy (non-hydrogen) atoms. The van der Waals surface area contributed by atoms with Crippen molar-refractivity contribution in [2.24, 2.45) is 0 Å². The summed E-state index contributed by atoms with van der Waals surface area (Å²) in [6, 6.07) is 3.89. The number of fused-ring (bicyclic) bond motifs is 1. The molecule has 0 amide bonds. The third-order valence-corrected chi connectivity index (χ3v) is 2.38. The number of nitrogens with one attached hydrogen (secondary N) is 1. The van der Waals surface area contributed by atoms with Gasteiger partial charge in [-0.1, -0.05) is 6.07 Å². The molecule has 1 N–H and O–H groups in total. The Morgan fingerprint density at radius 1 is 1.20 bits per heavy atom. The normalized spacial score (nSPS) is 14.9. The van der Waals surface area contributed by atoms with Crippen LogP contribution in [-0.4, -0.2) is 6.54 Å². The second-order valence-electron chi connectivity index (χ2n) is 3.40. The van der Waals surface area contributed by atoms with E-state index in [9.17, 15) is 13.2 Å². The average Bonchev–Trinajstić information content (AvgIpc) is 2.16. The van der Waals surface area contributed by atoms with E-state index in [1.165, 1.54) is 6.07 Å². The lowest BCUT2D eigenvalue weighted by Gasteiger charge is -2.19. The fourth-order valence-corrected chi connectivity index (χ4v) is 1.64. The molecule has 0 radical (unpaired) electrons. The summed E-state index contributed by atoms with van der Waals surface area (Å²) >= 11 is 0. The average molecular weight is 238 g/mol. The molecule has 5 heteroatoms. The smallest absolute Gasteiger partial charge is 0.385 e. The van der Waals surface area contributed by atoms with Crippen LogP contribution in [0.5, 0.6) is 0 Å². The zero-order valence-corrected chi connectivity index (χ0v) is 8.71. The number of hydrogen-bond acceptors (Lipinski definition) is 1. The standard InChI is InChI=1S/C10H10F3N.ClH/c11-10(12,13)8-4-3-7-2-1-5-14-9(7)6-8;/h3-4,6,14H,1-2,5H2;1H. The van der Waals surface area contributed by atoms with E-state index >= 15 is 0 Å². The van der Waals surface area contributed by atoms with Crippen LogP contribution in [0.4, 0.5) is 18.9 Å². The van der Waals surface area contributed by atoms with Gasteiger partial charge in [0.05, 0.1) is 5.56 Å². The Morgan fingerprint density at radius 3 is 2.60 bits per heavy atom. The zero-order valence-electron chi connectivity index (χ0n) is 7.90. The Balaban J connectivity index is 0.00000112. The lowest BCUT2D eigenvalue weighted by Crippen LogP contribution is -2.13. The highest BCUT2D eigenvalue weighted by molar-refractivity contribution is 5.85. The molecule has 0 bridgehead atoms. The molecule has 0 aliphatic carbocycles. The van der Waals surface area contributed by atoms with Gasteiger partial charge in [0.1, 0.15) is 0 Å². The Bertz CT molecular complexity index is 349. The van der Waals surface area contributed by atoms with E-state index in [-0.39, 0.29) is 12.4 Å². The second kappa shape index (κ2) is 4.31. The third kappa shape index (κ3) is 2.56. The van der Waals surface area contributed by atoms with E-state index in [1.54, 1.807) is 6.07 Å². The van der Waals surface area contributed by atoms with Crippen molar-refractivity contribution in [3.05, 3.63) is 29.3 Å². The van der Waals surface area contributed by atoms with Crippen LogP contribution >= 0.6 is 12.4 Å². The Kier molecular flexibility index (Phi) is 3.50. The number of anilines is 1. The fourth-order valence-electron chi connectivity index (χ4n) is 1.64. The SMILES string of the molecule is Cl.FC(F)(F)c1ccc2c(c1)NCCC2. The van der Waals surface area contributed by atoms with Crippen LogP contribution in [0.15, 0.2) is 18.2 Å². The molecule has 0 spiro atoms. The summed E-state index contributed by atoms with van der Waals surface area (Å²) in [6.45, 7) is 0.758. The van der Waals surface area contributed by atoms with Crippen molar-refractivity contribution < 1.29 is 13.2 Å². The number of aryl methyl sites for hydroxylation is 1. The molecular weight excluding hydrogens is 227 g/mol. The first-order valence-electron chi connectivity index (χ1n) is 4.51. The highest BCUT2D eigenvalue weighted by atomic mass is 35.5. The maximum Gasteiger partial charge on any atom is 0.416 e. The molecule has 1 heterocycles. The number of hydrogen-bond donors (Lipinski definition) is 1. The number of halogens is 4. The molecule has 1 aliphatic heterocycles. The molecule has 1 aromatic carbocycles. The van der Waals surface area contributed by atoms with Crippen molar-refractivity contribution >= 4 is 18.1 Å². The van der Waals surface area contributed by atoms with Crippen molar-refractivity contribution in [1.29, 1.82) is 0 Å². The van der Waals surface area contributed by atoms with Crippen molar-refractivity contribution in [3.63, 3.8) is 0 Å². The fraction of sp³-hybridized carbons (Fsp3) is 0.400. The minimum absolute atomic E-state index is 0. The van der Waals surface area contributed by atoms with E-state index in [2.05, 4.69) is 5.32 Å². The first-order chi connectivity index (χ1) is 6.57. The highest BCUT2D eigenvalue weighted by Crippen LogP contribution is 2.33. The van der Waals surface area contributed by atoms with Crippen LogP contribution < -0.4 is 5.32 Å². The molecule has 1 nitrogen and oxygen atoms in total. The van der Waals surface area contributed by atoms with Gasteiger partial charge < -0.3 is 5.32 Å². The summed E-state index contributed by atoms with van der Waals surface area (Å²) in [5.74, 6) is 0. The summed E-state index contributed by atoms with van der Waals surface area (Å²) < 4.78 is 37.0. The molecule has 2 rings (SSSR count). The summed E-state index contributed by atoms with van der Waals surface area (Å²) in [6.07, 6.45) is -2.40. The van der Waals surface area contributed by atoms with Gasteiger partial charge in [-0.3, -0.25) is 0 Å². The van der Waals surface area contributed by atoms with Crippen LogP contribution in [0.2, 0.25) is 0 Å². The molecule has 0 aromatic heterocycles. The van der Waals surface area contributed by atoms with Crippen LogP contribution in [-0.2, 0) is 12.6 Å². The lowest BCUT2D eigenvalue weighted by molar-refractivity contribution is -0.137. The van der Waals surface area contributed by atoms with Gasteiger partial charge in [-0.25, -0.2) is 0 Å². The van der Waals surface area contributed by atoms with Gasteiger partial charge in [-0.15, -0.1) is 12.4 Å². The minimum atomic E-state index is -4.24. The topological polar surface area (TPSA) is 12.0 Å². The van der Waals surface area contributed by atoms with Gasteiger partial charge >= 0.3 is 6.18 Å². The van der Waals surface area contributed by atoms with Crippen LogP contribution in [0.1, 0.15) is 17.5 Å². The zero-order chi connectivity index (χ0) is 10.2. The van der Waals surface area contributed by atoms with Crippen molar-refractivity contribution in [1.82, 2.24) is 0 Å². The molecule has 0 saturated carbocycles. The number of rotatable bonds is 0. The monoisotopic (exact) mass is 237 g/mol. The third-order valence-electron chi connectivity index (χ3n) is 2.38. The number of benzene rings is 1. The van der Waals surface area contributed by atoms with Gasteiger partial charge in [0.15, 0.2) is 0 Å². The summed E-state index contributed by atoms with van der Waals surface area (Å²) in [5.41, 5.74) is 1.03. The van der Waals surface area contributed by atoms with E-state index < -0.39 is 11.7 Å². The molecule has 0 unspecified atom stereocenters. The van der Waals surface area contributed by atoms with E-state index in [1.807, 2.05) is 0 Å². The number of alkyl halides is 3. The van der Waals surface area contributed by atoms with Crippen LogP contribution in [0.25, 0.3) is 0 Å². The Labute approximate surface area is 92.1 Å². The summed E-state index contributed by atoms with van der Waals surface area (Å²) in [5, 5.41) is 2.98. The minimum Gasteiger partial charge on any atom is -0.385 e. The van der Waals surface area contributed by atoms with Crippen molar-refractivity contribution in [2.45, 2.75) is 19.0 Å². The molecule has 84 valence electrons. The predicted molar refractivity (Wildman–Crippen MR) is 55.5 cm³/mol. The maximum atomic E-state index is 12.3. The molecule has 0 saturated heterocycles. The van der Waals surface area contributed by atoms with E-state index in [4.69, 9.17) is 0 Å². The predicted octanol–water partition coefficient (Wildman–Crippen LogP) is 3.49. The van der Waals surface area contributed by atoms with Gasteiger partial charge in [-0.2, -0.15) is 13.2 Å². The Hall–Kier alpha value is -0.900. The van der Waals surface area contributed by atoms with E-state index in [0.717, 1.165) is 31.0 Å². The molecule has 1 aromatic rings. The van der Waals surface area contributed by atoms with Gasteiger partial charge in [0.25, 0.3) is 0 Å². The van der Waals surface area contributed by atoms with Gasteiger partial charge in [0.2, 0.25) is 0 Å². The van der Waals surface area contributed by atoms with Crippen LogP contribution in [0, 0.1) is 0 Å². The Morgan fingerprint density at radius 2 is 1.93 bits per heavy atom. The molecular formula is C10H11ClF3N.